The highest BCUT2D eigenvalue weighted by Crippen LogP contribution is 2.24. The van der Waals surface area contributed by atoms with Crippen LogP contribution in [-0.4, -0.2) is 31.1 Å². The summed E-state index contributed by atoms with van der Waals surface area (Å²) in [6, 6.07) is 4.86. The minimum atomic E-state index is -0.867. The first-order valence-electron chi connectivity index (χ1n) is 7.86. The van der Waals surface area contributed by atoms with Gasteiger partial charge in [0.25, 0.3) is 5.91 Å². The summed E-state index contributed by atoms with van der Waals surface area (Å²) in [4.78, 5) is 24.4. The van der Waals surface area contributed by atoms with E-state index in [-0.39, 0.29) is 17.5 Å². The van der Waals surface area contributed by atoms with Gasteiger partial charge in [-0.1, -0.05) is 30.9 Å². The maximum Gasteiger partial charge on any atom is 0.342 e. The molecule has 1 fully saturated rings. The maximum absolute atomic E-state index is 12.2. The van der Waals surface area contributed by atoms with E-state index in [1.165, 1.54) is 19.6 Å². The van der Waals surface area contributed by atoms with Crippen LogP contribution < -0.4 is 10.1 Å². The molecule has 23 heavy (non-hydrogen) atoms. The Balaban J connectivity index is 1.96. The van der Waals surface area contributed by atoms with Gasteiger partial charge in [0.1, 0.15) is 11.3 Å². The molecular weight excluding hydrogens is 318 g/mol. The van der Waals surface area contributed by atoms with Crippen LogP contribution in [0, 0.1) is 0 Å². The Morgan fingerprint density at radius 3 is 2.61 bits per heavy atom. The zero-order valence-electron chi connectivity index (χ0n) is 13.4. The van der Waals surface area contributed by atoms with Crippen molar-refractivity contribution in [2.75, 3.05) is 7.11 Å². The van der Waals surface area contributed by atoms with Crippen LogP contribution in [0.3, 0.4) is 0 Å². The summed E-state index contributed by atoms with van der Waals surface area (Å²) in [5.41, 5.74) is 0.206. The quantitative estimate of drug-likeness (QED) is 0.835. The molecule has 6 heteroatoms. The van der Waals surface area contributed by atoms with Crippen LogP contribution in [0.15, 0.2) is 18.2 Å². The van der Waals surface area contributed by atoms with Crippen molar-refractivity contribution in [3.63, 3.8) is 0 Å². The number of nitrogens with one attached hydrogen (secondary N) is 1. The van der Waals surface area contributed by atoms with Crippen molar-refractivity contribution in [3.05, 3.63) is 28.8 Å². The van der Waals surface area contributed by atoms with Gasteiger partial charge in [0.2, 0.25) is 0 Å². The van der Waals surface area contributed by atoms with Crippen LogP contribution in [0.1, 0.15) is 49.4 Å². The van der Waals surface area contributed by atoms with Gasteiger partial charge in [0, 0.05) is 11.1 Å². The first-order valence-corrected chi connectivity index (χ1v) is 8.24. The highest BCUT2D eigenvalue weighted by atomic mass is 35.5. The SMILES string of the molecule is COc1ccc(Cl)cc1C(=O)OC(C)C(=O)NC1CCCCC1. The molecule has 126 valence electrons. The van der Waals surface area contributed by atoms with Gasteiger partial charge in [-0.3, -0.25) is 4.79 Å². The van der Waals surface area contributed by atoms with Crippen LogP contribution in [0.25, 0.3) is 0 Å². The van der Waals surface area contributed by atoms with Crippen LogP contribution in [0.2, 0.25) is 5.02 Å². The molecule has 2 rings (SSSR count). The molecule has 5 nitrogen and oxygen atoms in total. The Bertz CT molecular complexity index is 570. The van der Waals surface area contributed by atoms with Gasteiger partial charge >= 0.3 is 5.97 Å². The second-order valence-corrected chi connectivity index (χ2v) is 6.17. The van der Waals surface area contributed by atoms with Crippen molar-refractivity contribution in [3.8, 4) is 5.75 Å². The smallest absolute Gasteiger partial charge is 0.342 e. The normalized spacial score (nSPS) is 16.5. The highest BCUT2D eigenvalue weighted by molar-refractivity contribution is 6.31. The first kappa shape index (κ1) is 17.6. The van der Waals surface area contributed by atoms with Crippen LogP contribution in [0.5, 0.6) is 5.75 Å². The summed E-state index contributed by atoms with van der Waals surface area (Å²) in [6.45, 7) is 1.56. The molecule has 1 aromatic rings. The van der Waals surface area contributed by atoms with E-state index >= 15 is 0 Å². The topological polar surface area (TPSA) is 64.6 Å². The number of rotatable bonds is 5. The van der Waals surface area contributed by atoms with E-state index in [9.17, 15) is 9.59 Å². The van der Waals surface area contributed by atoms with Crippen molar-refractivity contribution in [2.45, 2.75) is 51.2 Å². The van der Waals surface area contributed by atoms with E-state index in [2.05, 4.69) is 5.32 Å². The zero-order chi connectivity index (χ0) is 16.8. The molecule has 0 radical (unpaired) electrons. The van der Waals surface area contributed by atoms with E-state index in [1.54, 1.807) is 19.1 Å². The third-order valence-electron chi connectivity index (χ3n) is 3.99. The fraction of sp³-hybridized carbons (Fsp3) is 0.529. The van der Waals surface area contributed by atoms with E-state index < -0.39 is 12.1 Å². The van der Waals surface area contributed by atoms with Gasteiger partial charge in [-0.25, -0.2) is 4.79 Å². The Kier molecular flexibility index (Phi) is 6.28. The Morgan fingerprint density at radius 1 is 1.26 bits per heavy atom. The molecule has 1 unspecified atom stereocenters. The van der Waals surface area contributed by atoms with Crippen molar-refractivity contribution in [2.24, 2.45) is 0 Å². The zero-order valence-corrected chi connectivity index (χ0v) is 14.2. The maximum atomic E-state index is 12.2. The Morgan fingerprint density at radius 2 is 1.96 bits per heavy atom. The van der Waals surface area contributed by atoms with Crippen molar-refractivity contribution >= 4 is 23.5 Å². The summed E-state index contributed by atoms with van der Waals surface area (Å²) in [5.74, 6) is -0.541. The minimum absolute atomic E-state index is 0.179. The molecule has 0 heterocycles. The fourth-order valence-corrected chi connectivity index (χ4v) is 2.85. The lowest BCUT2D eigenvalue weighted by Crippen LogP contribution is -2.42. The number of halogens is 1. The predicted molar refractivity (Wildman–Crippen MR) is 87.9 cm³/mol. The van der Waals surface area contributed by atoms with Crippen molar-refractivity contribution < 1.29 is 19.1 Å². The average Bonchev–Trinajstić information content (AvgIpc) is 2.55. The molecule has 1 aliphatic rings. The lowest BCUT2D eigenvalue weighted by atomic mass is 9.95. The highest BCUT2D eigenvalue weighted by Gasteiger charge is 2.24. The van der Waals surface area contributed by atoms with E-state index in [0.29, 0.717) is 10.8 Å². The summed E-state index contributed by atoms with van der Waals surface area (Å²) in [5, 5.41) is 3.34. The number of methoxy groups -OCH3 is 1. The largest absolute Gasteiger partial charge is 0.496 e. The average molecular weight is 340 g/mol. The molecule has 1 aliphatic carbocycles. The van der Waals surface area contributed by atoms with Gasteiger partial charge in [0.15, 0.2) is 6.10 Å². The van der Waals surface area contributed by atoms with Gasteiger partial charge in [0.05, 0.1) is 7.11 Å². The van der Waals surface area contributed by atoms with Crippen LogP contribution in [-0.2, 0) is 9.53 Å². The standard InChI is InChI=1S/C17H22ClNO4/c1-11(16(20)19-13-6-4-3-5-7-13)23-17(21)14-10-12(18)8-9-15(14)22-2/h8-11,13H,3-7H2,1-2H3,(H,19,20). The van der Waals surface area contributed by atoms with Crippen LogP contribution >= 0.6 is 11.6 Å². The Hall–Kier alpha value is -1.75. The lowest BCUT2D eigenvalue weighted by molar-refractivity contribution is -0.130. The lowest BCUT2D eigenvalue weighted by Gasteiger charge is -2.24. The van der Waals surface area contributed by atoms with Gasteiger partial charge in [-0.05, 0) is 38.0 Å². The van der Waals surface area contributed by atoms with Gasteiger partial charge in [-0.2, -0.15) is 0 Å². The van der Waals surface area contributed by atoms with E-state index in [1.807, 2.05) is 0 Å². The number of amides is 1. The van der Waals surface area contributed by atoms with Crippen molar-refractivity contribution in [1.29, 1.82) is 0 Å². The Labute approximate surface area is 141 Å². The number of carbonyl (C=O) groups excluding carboxylic acids is 2. The number of hydrogen-bond donors (Lipinski definition) is 1. The summed E-state index contributed by atoms with van der Waals surface area (Å²) in [7, 11) is 1.46. The first-order chi connectivity index (χ1) is 11.0. The number of benzene rings is 1. The number of ether oxygens (including phenoxy) is 2. The second-order valence-electron chi connectivity index (χ2n) is 5.74. The van der Waals surface area contributed by atoms with E-state index in [4.69, 9.17) is 21.1 Å². The molecular formula is C17H22ClNO4. The molecule has 1 amide bonds. The molecule has 0 bridgehead atoms. The van der Waals surface area contributed by atoms with Crippen LogP contribution in [0.4, 0.5) is 0 Å². The minimum Gasteiger partial charge on any atom is -0.496 e. The molecule has 1 N–H and O–H groups in total. The molecule has 0 spiro atoms. The third-order valence-corrected chi connectivity index (χ3v) is 4.22. The van der Waals surface area contributed by atoms with Gasteiger partial charge < -0.3 is 14.8 Å². The fourth-order valence-electron chi connectivity index (χ4n) is 2.68. The molecule has 0 saturated heterocycles. The summed E-state index contributed by atoms with van der Waals surface area (Å²) >= 11 is 5.90. The van der Waals surface area contributed by atoms with E-state index in [0.717, 1.165) is 25.7 Å². The number of carbonyl (C=O) groups is 2. The molecule has 1 atom stereocenters. The van der Waals surface area contributed by atoms with Crippen molar-refractivity contribution in [1.82, 2.24) is 5.32 Å². The third kappa shape index (κ3) is 4.86. The number of esters is 1. The van der Waals surface area contributed by atoms with Gasteiger partial charge in [-0.15, -0.1) is 0 Å². The summed E-state index contributed by atoms with van der Waals surface area (Å²) in [6.07, 6.45) is 4.56. The molecule has 0 aliphatic heterocycles. The number of hydrogen-bond acceptors (Lipinski definition) is 4. The molecule has 1 saturated carbocycles. The molecule has 0 aromatic heterocycles. The predicted octanol–water partition coefficient (Wildman–Crippen LogP) is 3.34. The summed E-state index contributed by atoms with van der Waals surface area (Å²) < 4.78 is 10.4. The molecule has 1 aromatic carbocycles. The second kappa shape index (κ2) is 8.20. The monoisotopic (exact) mass is 339 g/mol.